The molecule has 0 amide bonds. The number of ketones is 1. The molecule has 0 aliphatic rings. The second-order valence-electron chi connectivity index (χ2n) is 2.94. The fraction of sp³-hybridized carbons (Fsp3) is 0.200. The lowest BCUT2D eigenvalue weighted by Crippen LogP contribution is -2.23. The molecule has 0 atom stereocenters. The van der Waals surface area contributed by atoms with Crippen LogP contribution in [-0.4, -0.2) is 27.3 Å². The normalized spacial score (nSPS) is 11.2. The molecule has 1 aromatic rings. The highest BCUT2D eigenvalue weighted by molar-refractivity contribution is 14.1. The Labute approximate surface area is 102 Å². The summed E-state index contributed by atoms with van der Waals surface area (Å²) in [5, 5.41) is 0. The van der Waals surface area contributed by atoms with Gasteiger partial charge in [0.2, 0.25) is 5.78 Å². The zero-order valence-corrected chi connectivity index (χ0v) is 10.5. The van der Waals surface area contributed by atoms with Crippen molar-refractivity contribution in [2.75, 3.05) is 11.6 Å². The van der Waals surface area contributed by atoms with Crippen LogP contribution >= 0.6 is 22.6 Å². The average Bonchev–Trinajstić information content (AvgIpc) is 2.30. The molecule has 0 aliphatic carbocycles. The zero-order valence-electron chi connectivity index (χ0n) is 8.35. The van der Waals surface area contributed by atoms with Gasteiger partial charge in [-0.05, 0) is 12.1 Å². The summed E-state index contributed by atoms with van der Waals surface area (Å²) in [6.45, 7) is 0. The van der Waals surface area contributed by atoms with Crippen LogP contribution in [0.4, 0.5) is 0 Å². The molecular formula is C10H12IN3O. The molecule has 0 fully saturated rings. The predicted molar refractivity (Wildman–Crippen MR) is 67.5 cm³/mol. The van der Waals surface area contributed by atoms with E-state index < -0.39 is 0 Å². The van der Waals surface area contributed by atoms with E-state index in [-0.39, 0.29) is 5.78 Å². The standard InChI is InChI=1S/C10H12IN3O/c1-14(7-11)9(5-12)10(15)8-3-2-4-13-6-8/h2-6H,7,12H2,1H3/b9-5-. The number of halogens is 1. The molecule has 4 nitrogen and oxygen atoms in total. The minimum absolute atomic E-state index is 0.107. The molecular weight excluding hydrogens is 305 g/mol. The number of pyridine rings is 1. The summed E-state index contributed by atoms with van der Waals surface area (Å²) in [5.74, 6) is -0.107. The smallest absolute Gasteiger partial charge is 0.212 e. The molecule has 1 rings (SSSR count). The maximum Gasteiger partial charge on any atom is 0.212 e. The Morgan fingerprint density at radius 3 is 2.93 bits per heavy atom. The van der Waals surface area contributed by atoms with Crippen molar-refractivity contribution in [1.29, 1.82) is 0 Å². The highest BCUT2D eigenvalue weighted by Crippen LogP contribution is 2.10. The van der Waals surface area contributed by atoms with Crippen LogP contribution in [0, 0.1) is 0 Å². The van der Waals surface area contributed by atoms with Gasteiger partial charge in [0.15, 0.2) is 0 Å². The van der Waals surface area contributed by atoms with E-state index in [0.717, 1.165) is 0 Å². The third-order valence-electron chi connectivity index (χ3n) is 1.90. The minimum atomic E-state index is -0.107. The molecule has 0 unspecified atom stereocenters. The first-order valence-electron chi connectivity index (χ1n) is 4.34. The Bertz CT molecular complexity index is 364. The third kappa shape index (κ3) is 2.92. The number of likely N-dealkylation sites (N-methyl/N-ethyl adjacent to an activating group) is 1. The molecule has 0 saturated carbocycles. The van der Waals surface area contributed by atoms with Crippen LogP contribution in [0.25, 0.3) is 0 Å². The third-order valence-corrected chi connectivity index (χ3v) is 2.93. The number of rotatable bonds is 4. The van der Waals surface area contributed by atoms with Crippen LogP contribution < -0.4 is 5.73 Å². The molecule has 1 aromatic heterocycles. The van der Waals surface area contributed by atoms with E-state index in [1.54, 1.807) is 23.2 Å². The zero-order chi connectivity index (χ0) is 11.3. The number of carbonyl (C=O) groups excluding carboxylic acids is 1. The van der Waals surface area contributed by atoms with Gasteiger partial charge in [0, 0.05) is 31.2 Å². The van der Waals surface area contributed by atoms with Gasteiger partial charge >= 0.3 is 0 Å². The van der Waals surface area contributed by atoms with E-state index in [9.17, 15) is 4.79 Å². The minimum Gasteiger partial charge on any atom is -0.403 e. The Kier molecular flexibility index (Phi) is 4.54. The summed E-state index contributed by atoms with van der Waals surface area (Å²) in [4.78, 5) is 17.6. The number of hydrogen-bond donors (Lipinski definition) is 1. The molecule has 1 heterocycles. The summed E-state index contributed by atoms with van der Waals surface area (Å²) in [5.41, 5.74) is 6.47. The second kappa shape index (κ2) is 5.69. The highest BCUT2D eigenvalue weighted by atomic mass is 127. The maximum atomic E-state index is 11.9. The molecule has 0 aromatic carbocycles. The maximum absolute atomic E-state index is 11.9. The lowest BCUT2D eigenvalue weighted by atomic mass is 10.1. The first kappa shape index (κ1) is 12.0. The fourth-order valence-electron chi connectivity index (χ4n) is 1.09. The van der Waals surface area contributed by atoms with Crippen LogP contribution in [-0.2, 0) is 0 Å². The number of nitrogens with zero attached hydrogens (tertiary/aromatic N) is 2. The van der Waals surface area contributed by atoms with Gasteiger partial charge in [0.1, 0.15) is 5.70 Å². The van der Waals surface area contributed by atoms with E-state index in [4.69, 9.17) is 5.73 Å². The number of aromatic nitrogens is 1. The molecule has 0 spiro atoms. The van der Waals surface area contributed by atoms with Crippen molar-refractivity contribution in [3.63, 3.8) is 0 Å². The topological polar surface area (TPSA) is 59.2 Å². The van der Waals surface area contributed by atoms with Crippen LogP contribution in [0.5, 0.6) is 0 Å². The van der Waals surface area contributed by atoms with E-state index in [1.807, 2.05) is 7.05 Å². The van der Waals surface area contributed by atoms with Crippen LogP contribution in [0.1, 0.15) is 10.4 Å². The van der Waals surface area contributed by atoms with E-state index in [1.165, 1.54) is 12.4 Å². The summed E-state index contributed by atoms with van der Waals surface area (Å²) in [7, 11) is 1.82. The molecule has 80 valence electrons. The number of Topliss-reactive ketones (excluding diaryl/α,β-unsaturated/α-hetero) is 1. The number of carbonyl (C=O) groups is 1. The Morgan fingerprint density at radius 1 is 1.73 bits per heavy atom. The van der Waals surface area contributed by atoms with E-state index in [0.29, 0.717) is 15.8 Å². The molecule has 2 N–H and O–H groups in total. The van der Waals surface area contributed by atoms with Crippen molar-refractivity contribution in [1.82, 2.24) is 9.88 Å². The van der Waals surface area contributed by atoms with Crippen LogP contribution in [0.2, 0.25) is 0 Å². The summed E-state index contributed by atoms with van der Waals surface area (Å²) >= 11 is 2.17. The molecule has 0 bridgehead atoms. The molecule has 0 aliphatic heterocycles. The van der Waals surface area contributed by atoms with Gasteiger partial charge in [-0.2, -0.15) is 0 Å². The van der Waals surface area contributed by atoms with Crippen LogP contribution in [0.3, 0.4) is 0 Å². The van der Waals surface area contributed by atoms with Crippen molar-refractivity contribution < 1.29 is 4.79 Å². The monoisotopic (exact) mass is 317 g/mol. The first-order chi connectivity index (χ1) is 7.20. The van der Waals surface area contributed by atoms with Gasteiger partial charge in [-0.1, -0.05) is 22.6 Å². The lowest BCUT2D eigenvalue weighted by Gasteiger charge is -2.17. The Hall–Kier alpha value is -1.11. The highest BCUT2D eigenvalue weighted by Gasteiger charge is 2.14. The van der Waals surface area contributed by atoms with Gasteiger partial charge in [-0.25, -0.2) is 0 Å². The molecule has 0 radical (unpaired) electrons. The fourth-order valence-corrected chi connectivity index (χ4v) is 1.45. The molecule has 0 saturated heterocycles. The summed E-state index contributed by atoms with van der Waals surface area (Å²) < 4.78 is 0.701. The van der Waals surface area contributed by atoms with Gasteiger partial charge in [0.05, 0.1) is 4.55 Å². The number of allylic oxidation sites excluding steroid dienone is 1. The average molecular weight is 317 g/mol. The van der Waals surface area contributed by atoms with Crippen LogP contribution in [0.15, 0.2) is 36.4 Å². The van der Waals surface area contributed by atoms with Crippen molar-refractivity contribution in [3.8, 4) is 0 Å². The van der Waals surface area contributed by atoms with Crippen molar-refractivity contribution in [2.45, 2.75) is 0 Å². The van der Waals surface area contributed by atoms with E-state index >= 15 is 0 Å². The second-order valence-corrected chi connectivity index (χ2v) is 3.62. The summed E-state index contributed by atoms with van der Waals surface area (Å²) in [6.07, 6.45) is 4.49. The Balaban J connectivity index is 2.94. The largest absolute Gasteiger partial charge is 0.403 e. The number of hydrogen-bond acceptors (Lipinski definition) is 4. The van der Waals surface area contributed by atoms with Crippen molar-refractivity contribution in [3.05, 3.63) is 42.0 Å². The van der Waals surface area contributed by atoms with Crippen molar-refractivity contribution in [2.24, 2.45) is 5.73 Å². The van der Waals surface area contributed by atoms with Gasteiger partial charge < -0.3 is 10.6 Å². The number of alkyl halides is 1. The van der Waals surface area contributed by atoms with Gasteiger partial charge in [0.25, 0.3) is 0 Å². The van der Waals surface area contributed by atoms with Gasteiger partial charge in [-0.15, -0.1) is 0 Å². The van der Waals surface area contributed by atoms with E-state index in [2.05, 4.69) is 27.6 Å². The number of nitrogens with two attached hydrogens (primary N) is 1. The SMILES string of the molecule is CN(CI)/C(=C\N)C(=O)c1cccnc1. The van der Waals surface area contributed by atoms with Crippen molar-refractivity contribution >= 4 is 28.4 Å². The Morgan fingerprint density at radius 2 is 2.47 bits per heavy atom. The quantitative estimate of drug-likeness (QED) is 0.300. The first-order valence-corrected chi connectivity index (χ1v) is 5.87. The molecule has 15 heavy (non-hydrogen) atoms. The summed E-state index contributed by atoms with van der Waals surface area (Å²) in [6, 6.07) is 3.45. The lowest BCUT2D eigenvalue weighted by molar-refractivity contribution is 0.100. The van der Waals surface area contributed by atoms with Gasteiger partial charge in [-0.3, -0.25) is 9.78 Å². The molecule has 5 heteroatoms. The predicted octanol–water partition coefficient (Wildman–Crippen LogP) is 1.39.